The molecule has 2 N–H and O–H groups in total. The molecule has 3 nitrogen and oxygen atoms in total. The molecule has 3 heteroatoms. The third kappa shape index (κ3) is 3.87. The Morgan fingerprint density at radius 2 is 1.68 bits per heavy atom. The number of hydrogen-bond acceptors (Lipinski definition) is 3. The minimum Gasteiger partial charge on any atom is -0.491 e. The zero-order chi connectivity index (χ0) is 13.8. The van der Waals surface area contributed by atoms with Crippen molar-refractivity contribution in [2.75, 3.05) is 11.9 Å². The third-order valence-electron chi connectivity index (χ3n) is 3.90. The summed E-state index contributed by atoms with van der Waals surface area (Å²) >= 11 is 0. The Labute approximate surface area is 116 Å². The first-order chi connectivity index (χ1) is 9.06. The third-order valence-corrected chi connectivity index (χ3v) is 3.90. The van der Waals surface area contributed by atoms with Gasteiger partial charge >= 0.3 is 0 Å². The van der Waals surface area contributed by atoms with Gasteiger partial charge in [-0.25, -0.2) is 0 Å². The van der Waals surface area contributed by atoms with Gasteiger partial charge in [0.2, 0.25) is 0 Å². The molecular formula is C16H26N2O. The second-order valence-electron chi connectivity index (χ2n) is 5.84. The molecule has 19 heavy (non-hydrogen) atoms. The quantitative estimate of drug-likeness (QED) is 0.905. The summed E-state index contributed by atoms with van der Waals surface area (Å²) in [6.07, 6.45) is 4.90. The molecule has 106 valence electrons. The monoisotopic (exact) mass is 262 g/mol. The molecule has 0 unspecified atom stereocenters. The lowest BCUT2D eigenvalue weighted by Gasteiger charge is -2.35. The van der Waals surface area contributed by atoms with Crippen LogP contribution in [0.3, 0.4) is 0 Å². The van der Waals surface area contributed by atoms with E-state index in [1.165, 1.54) is 18.5 Å². The van der Waals surface area contributed by atoms with Crippen LogP contribution in [0, 0.1) is 0 Å². The number of rotatable bonds is 4. The molecule has 0 radical (unpaired) electrons. The van der Waals surface area contributed by atoms with Gasteiger partial charge in [0.1, 0.15) is 5.75 Å². The number of nitrogens with zero attached hydrogens (tertiary/aromatic N) is 1. The molecule has 1 saturated carbocycles. The summed E-state index contributed by atoms with van der Waals surface area (Å²) in [5.41, 5.74) is 7.23. The molecule has 0 bridgehead atoms. The van der Waals surface area contributed by atoms with Crippen LogP contribution in [0.5, 0.6) is 5.75 Å². The van der Waals surface area contributed by atoms with Crippen molar-refractivity contribution < 1.29 is 4.74 Å². The number of ether oxygens (including phenoxy) is 1. The highest BCUT2D eigenvalue weighted by Gasteiger charge is 2.22. The maximum absolute atomic E-state index is 5.97. The highest BCUT2D eigenvalue weighted by molar-refractivity contribution is 5.49. The van der Waals surface area contributed by atoms with Gasteiger partial charge in [0, 0.05) is 24.8 Å². The molecule has 0 heterocycles. The Bertz CT molecular complexity index is 380. The predicted octanol–water partition coefficient (Wildman–Crippen LogP) is 3.18. The summed E-state index contributed by atoms with van der Waals surface area (Å²) in [6.45, 7) is 4.09. The van der Waals surface area contributed by atoms with Crippen molar-refractivity contribution >= 4 is 5.69 Å². The largest absolute Gasteiger partial charge is 0.491 e. The van der Waals surface area contributed by atoms with Crippen LogP contribution >= 0.6 is 0 Å². The van der Waals surface area contributed by atoms with Crippen LogP contribution in [0.2, 0.25) is 0 Å². The van der Waals surface area contributed by atoms with Crippen LogP contribution in [-0.2, 0) is 0 Å². The fourth-order valence-electron chi connectivity index (χ4n) is 2.73. The molecule has 1 aromatic carbocycles. The van der Waals surface area contributed by atoms with Crippen molar-refractivity contribution in [1.29, 1.82) is 0 Å². The lowest BCUT2D eigenvalue weighted by Crippen LogP contribution is -2.38. The van der Waals surface area contributed by atoms with Crippen LogP contribution < -0.4 is 15.4 Å². The van der Waals surface area contributed by atoms with Crippen molar-refractivity contribution in [3.63, 3.8) is 0 Å². The Balaban J connectivity index is 1.97. The highest BCUT2D eigenvalue weighted by atomic mass is 16.5. The van der Waals surface area contributed by atoms with Crippen molar-refractivity contribution in [3.8, 4) is 5.75 Å². The fourth-order valence-corrected chi connectivity index (χ4v) is 2.73. The Morgan fingerprint density at radius 3 is 2.21 bits per heavy atom. The standard InChI is InChI=1S/C16H26N2O/c1-12(2)19-16-10-8-15(9-11-16)18(3)14-6-4-13(17)5-7-14/h8-14H,4-7,17H2,1-3H3. The molecule has 1 aliphatic carbocycles. The van der Waals surface area contributed by atoms with Crippen LogP contribution in [0.1, 0.15) is 39.5 Å². The molecule has 0 aromatic heterocycles. The summed E-state index contributed by atoms with van der Waals surface area (Å²) in [5.74, 6) is 0.942. The lowest BCUT2D eigenvalue weighted by atomic mass is 9.91. The van der Waals surface area contributed by atoms with Crippen molar-refractivity contribution in [2.45, 2.75) is 57.7 Å². The van der Waals surface area contributed by atoms with E-state index in [4.69, 9.17) is 10.5 Å². The molecule has 1 fully saturated rings. The SMILES string of the molecule is CC(C)Oc1ccc(N(C)C2CCC(N)CC2)cc1. The first kappa shape index (κ1) is 14.2. The molecule has 0 aliphatic heterocycles. The van der Waals surface area contributed by atoms with Gasteiger partial charge in [-0.2, -0.15) is 0 Å². The number of nitrogens with two attached hydrogens (primary N) is 1. The number of hydrogen-bond donors (Lipinski definition) is 1. The van der Waals surface area contributed by atoms with Gasteiger partial charge in [0.05, 0.1) is 6.10 Å². The van der Waals surface area contributed by atoms with Gasteiger partial charge in [0.25, 0.3) is 0 Å². The van der Waals surface area contributed by atoms with E-state index >= 15 is 0 Å². The van der Waals surface area contributed by atoms with E-state index in [0.29, 0.717) is 12.1 Å². The minimum atomic E-state index is 0.225. The minimum absolute atomic E-state index is 0.225. The smallest absolute Gasteiger partial charge is 0.119 e. The van der Waals surface area contributed by atoms with Crippen LogP contribution in [-0.4, -0.2) is 25.2 Å². The van der Waals surface area contributed by atoms with Gasteiger partial charge in [0.15, 0.2) is 0 Å². The molecule has 0 amide bonds. The van der Waals surface area contributed by atoms with E-state index in [9.17, 15) is 0 Å². The Hall–Kier alpha value is -1.22. The predicted molar refractivity (Wildman–Crippen MR) is 80.8 cm³/mol. The van der Waals surface area contributed by atoms with E-state index in [0.717, 1.165) is 18.6 Å². The van der Waals surface area contributed by atoms with E-state index in [-0.39, 0.29) is 6.10 Å². The zero-order valence-corrected chi connectivity index (χ0v) is 12.3. The Morgan fingerprint density at radius 1 is 1.11 bits per heavy atom. The van der Waals surface area contributed by atoms with Crippen LogP contribution in [0.15, 0.2) is 24.3 Å². The fraction of sp³-hybridized carbons (Fsp3) is 0.625. The lowest BCUT2D eigenvalue weighted by molar-refractivity contribution is 0.242. The second-order valence-corrected chi connectivity index (χ2v) is 5.84. The summed E-state index contributed by atoms with van der Waals surface area (Å²) in [4.78, 5) is 2.38. The summed E-state index contributed by atoms with van der Waals surface area (Å²) in [5, 5.41) is 0. The molecule has 1 aliphatic rings. The summed E-state index contributed by atoms with van der Waals surface area (Å²) in [6, 6.07) is 9.43. The maximum Gasteiger partial charge on any atom is 0.119 e. The normalized spacial score (nSPS) is 23.4. The van der Waals surface area contributed by atoms with Crippen molar-refractivity contribution in [1.82, 2.24) is 0 Å². The van der Waals surface area contributed by atoms with Crippen LogP contribution in [0.4, 0.5) is 5.69 Å². The average Bonchev–Trinajstić information content (AvgIpc) is 2.39. The first-order valence-electron chi connectivity index (χ1n) is 7.31. The Kier molecular flexibility index (Phi) is 4.70. The second kappa shape index (κ2) is 6.29. The van der Waals surface area contributed by atoms with E-state index < -0.39 is 0 Å². The van der Waals surface area contributed by atoms with Crippen molar-refractivity contribution in [3.05, 3.63) is 24.3 Å². The van der Waals surface area contributed by atoms with Gasteiger partial charge in [-0.3, -0.25) is 0 Å². The zero-order valence-electron chi connectivity index (χ0n) is 12.3. The van der Waals surface area contributed by atoms with Gasteiger partial charge in [-0.05, 0) is 63.8 Å². The topological polar surface area (TPSA) is 38.5 Å². The van der Waals surface area contributed by atoms with E-state index in [1.807, 2.05) is 13.8 Å². The molecule has 0 atom stereocenters. The maximum atomic E-state index is 5.97. The average molecular weight is 262 g/mol. The van der Waals surface area contributed by atoms with Crippen LogP contribution in [0.25, 0.3) is 0 Å². The van der Waals surface area contributed by atoms with E-state index in [2.05, 4.69) is 36.2 Å². The van der Waals surface area contributed by atoms with Gasteiger partial charge in [-0.15, -0.1) is 0 Å². The highest BCUT2D eigenvalue weighted by Crippen LogP contribution is 2.27. The summed E-state index contributed by atoms with van der Waals surface area (Å²) < 4.78 is 5.67. The number of benzene rings is 1. The molecule has 1 aromatic rings. The molecule has 0 saturated heterocycles. The first-order valence-corrected chi connectivity index (χ1v) is 7.31. The molecule has 0 spiro atoms. The summed E-state index contributed by atoms with van der Waals surface area (Å²) in [7, 11) is 2.18. The molecular weight excluding hydrogens is 236 g/mol. The molecule has 2 rings (SSSR count). The van der Waals surface area contributed by atoms with Gasteiger partial charge in [-0.1, -0.05) is 0 Å². The van der Waals surface area contributed by atoms with E-state index in [1.54, 1.807) is 0 Å². The van der Waals surface area contributed by atoms with Gasteiger partial charge < -0.3 is 15.4 Å². The number of anilines is 1. The van der Waals surface area contributed by atoms with Crippen molar-refractivity contribution in [2.24, 2.45) is 5.73 Å².